The molecule has 0 aliphatic carbocycles. The summed E-state index contributed by atoms with van der Waals surface area (Å²) in [6, 6.07) is 10.4. The molecule has 0 amide bonds. The molecular weight excluding hydrogens is 286 g/mol. The average Bonchev–Trinajstić information content (AvgIpc) is 2.89. The van der Waals surface area contributed by atoms with Crippen LogP contribution < -0.4 is 0 Å². The van der Waals surface area contributed by atoms with Gasteiger partial charge in [-0.05, 0) is 54.2 Å². The first-order valence-electron chi connectivity index (χ1n) is 6.15. The van der Waals surface area contributed by atoms with Crippen LogP contribution in [-0.2, 0) is 0 Å². The van der Waals surface area contributed by atoms with Gasteiger partial charge in [-0.3, -0.25) is 4.98 Å². The Hall–Kier alpha value is -2.80. The van der Waals surface area contributed by atoms with Crippen LogP contribution in [0.15, 0.2) is 53.9 Å². The lowest BCUT2D eigenvalue weighted by Gasteiger charge is -2.00. The molecule has 7 heteroatoms. The molecule has 0 spiro atoms. The summed E-state index contributed by atoms with van der Waals surface area (Å²) in [6.45, 7) is 0. The number of H-pyrrole nitrogens is 1. The van der Waals surface area contributed by atoms with Gasteiger partial charge in [0.25, 0.3) is 0 Å². The zero-order chi connectivity index (χ0) is 14.7. The van der Waals surface area contributed by atoms with E-state index in [4.69, 9.17) is 12.2 Å². The highest BCUT2D eigenvalue weighted by Gasteiger charge is 2.07. The van der Waals surface area contributed by atoms with Gasteiger partial charge in [0.2, 0.25) is 4.77 Å². The maximum Gasteiger partial charge on any atom is 0.216 e. The number of phenolic OH excluding ortho intramolecular Hbond substituents is 1. The van der Waals surface area contributed by atoms with Crippen LogP contribution in [0.3, 0.4) is 0 Å². The van der Waals surface area contributed by atoms with Crippen LogP contribution in [0.4, 0.5) is 0 Å². The van der Waals surface area contributed by atoms with Crippen molar-refractivity contribution in [3.05, 3.63) is 59.1 Å². The van der Waals surface area contributed by atoms with Crippen LogP contribution in [-0.4, -0.2) is 31.2 Å². The van der Waals surface area contributed by atoms with Crippen molar-refractivity contribution < 1.29 is 5.11 Å². The summed E-state index contributed by atoms with van der Waals surface area (Å²) >= 11 is 5.18. The third kappa shape index (κ3) is 2.87. The number of rotatable bonds is 3. The molecular formula is C14H11N5OS. The Morgan fingerprint density at radius 2 is 2.05 bits per heavy atom. The van der Waals surface area contributed by atoms with E-state index in [2.05, 4.69) is 20.3 Å². The number of nitrogens with zero attached hydrogens (tertiary/aromatic N) is 4. The molecule has 3 aromatic rings. The molecule has 0 aliphatic rings. The predicted octanol–water partition coefficient (Wildman–Crippen LogP) is 2.59. The molecule has 0 saturated carbocycles. The Morgan fingerprint density at radius 3 is 2.76 bits per heavy atom. The number of hydrogen-bond acceptors (Lipinski definition) is 5. The molecule has 3 rings (SSSR count). The lowest BCUT2D eigenvalue weighted by Crippen LogP contribution is -1.95. The van der Waals surface area contributed by atoms with Gasteiger partial charge >= 0.3 is 0 Å². The summed E-state index contributed by atoms with van der Waals surface area (Å²) in [5.41, 5.74) is 1.65. The fourth-order valence-electron chi connectivity index (χ4n) is 1.77. The molecule has 6 nitrogen and oxygen atoms in total. The second-order valence-corrected chi connectivity index (χ2v) is 4.63. The van der Waals surface area contributed by atoms with Crippen LogP contribution in [0.1, 0.15) is 5.56 Å². The summed E-state index contributed by atoms with van der Waals surface area (Å²) in [4.78, 5) is 4.06. The highest BCUT2D eigenvalue weighted by Crippen LogP contribution is 2.15. The Morgan fingerprint density at radius 1 is 1.24 bits per heavy atom. The van der Waals surface area contributed by atoms with E-state index in [9.17, 15) is 5.11 Å². The second kappa shape index (κ2) is 5.68. The number of aromatic hydroxyl groups is 1. The normalized spacial score (nSPS) is 11.0. The van der Waals surface area contributed by atoms with Crippen molar-refractivity contribution in [3.63, 3.8) is 0 Å². The molecule has 0 aliphatic heterocycles. The number of aromatic amines is 1. The first kappa shape index (κ1) is 13.2. The van der Waals surface area contributed by atoms with Gasteiger partial charge in [-0.25, -0.2) is 5.10 Å². The van der Waals surface area contributed by atoms with E-state index in [0.29, 0.717) is 10.6 Å². The number of benzene rings is 1. The SMILES string of the molecule is Oc1ccc(/C=N/n2c(-c3cccnc3)n[nH]c2=S)cc1. The first-order valence-corrected chi connectivity index (χ1v) is 6.56. The lowest BCUT2D eigenvalue weighted by atomic mass is 10.2. The highest BCUT2D eigenvalue weighted by atomic mass is 32.1. The summed E-state index contributed by atoms with van der Waals surface area (Å²) in [6.07, 6.45) is 5.02. The fourth-order valence-corrected chi connectivity index (χ4v) is 1.94. The van der Waals surface area contributed by atoms with Crippen LogP contribution in [0.2, 0.25) is 0 Å². The molecule has 0 unspecified atom stereocenters. The summed E-state index contributed by atoms with van der Waals surface area (Å²) < 4.78 is 1.92. The van der Waals surface area contributed by atoms with Gasteiger partial charge in [0.15, 0.2) is 5.82 Å². The van der Waals surface area contributed by atoms with Crippen LogP contribution in [0.5, 0.6) is 5.75 Å². The smallest absolute Gasteiger partial charge is 0.216 e. The Labute approximate surface area is 125 Å². The Balaban J connectivity index is 1.98. The van der Waals surface area contributed by atoms with Gasteiger partial charge in [-0.15, -0.1) is 0 Å². The molecule has 2 heterocycles. The maximum atomic E-state index is 9.26. The van der Waals surface area contributed by atoms with Crippen LogP contribution in [0.25, 0.3) is 11.4 Å². The summed E-state index contributed by atoms with van der Waals surface area (Å²) in [5.74, 6) is 0.797. The van der Waals surface area contributed by atoms with Gasteiger partial charge < -0.3 is 5.11 Å². The van der Waals surface area contributed by atoms with Crippen molar-refractivity contribution in [2.45, 2.75) is 0 Å². The van der Waals surface area contributed by atoms with E-state index >= 15 is 0 Å². The van der Waals surface area contributed by atoms with E-state index in [1.165, 1.54) is 4.68 Å². The minimum atomic E-state index is 0.211. The van der Waals surface area contributed by atoms with E-state index in [1.54, 1.807) is 42.9 Å². The number of phenols is 1. The number of hydrogen-bond donors (Lipinski definition) is 2. The quantitative estimate of drug-likeness (QED) is 0.575. The minimum Gasteiger partial charge on any atom is -0.508 e. The molecule has 0 saturated heterocycles. The standard InChI is InChI=1S/C14H11N5OS/c20-12-5-3-10(4-6-12)8-16-19-13(17-18-14(19)21)11-2-1-7-15-9-11/h1-9,20H,(H,18,21)/b16-8+. The molecule has 0 atom stereocenters. The zero-order valence-electron chi connectivity index (χ0n) is 10.8. The van der Waals surface area contributed by atoms with Gasteiger partial charge in [0.05, 0.1) is 6.21 Å². The Kier molecular flexibility index (Phi) is 3.57. The minimum absolute atomic E-state index is 0.211. The molecule has 21 heavy (non-hydrogen) atoms. The molecule has 1 aromatic carbocycles. The fraction of sp³-hybridized carbons (Fsp3) is 0. The van der Waals surface area contributed by atoms with Crippen molar-refractivity contribution >= 4 is 18.4 Å². The average molecular weight is 297 g/mol. The van der Waals surface area contributed by atoms with E-state index in [1.807, 2.05) is 12.1 Å². The number of aromatic nitrogens is 4. The van der Waals surface area contributed by atoms with Gasteiger partial charge in [-0.1, -0.05) is 0 Å². The van der Waals surface area contributed by atoms with Crippen molar-refractivity contribution in [3.8, 4) is 17.1 Å². The van der Waals surface area contributed by atoms with E-state index in [0.717, 1.165) is 11.1 Å². The van der Waals surface area contributed by atoms with Crippen molar-refractivity contribution in [1.29, 1.82) is 0 Å². The molecule has 104 valence electrons. The van der Waals surface area contributed by atoms with Gasteiger partial charge in [0.1, 0.15) is 5.75 Å². The van der Waals surface area contributed by atoms with Crippen molar-refractivity contribution in [1.82, 2.24) is 19.9 Å². The van der Waals surface area contributed by atoms with Gasteiger partial charge in [-0.2, -0.15) is 14.9 Å². The highest BCUT2D eigenvalue weighted by molar-refractivity contribution is 7.71. The zero-order valence-corrected chi connectivity index (χ0v) is 11.7. The van der Waals surface area contributed by atoms with E-state index < -0.39 is 0 Å². The molecule has 0 fully saturated rings. The molecule has 2 N–H and O–H groups in total. The second-order valence-electron chi connectivity index (χ2n) is 4.24. The first-order chi connectivity index (χ1) is 10.2. The third-order valence-electron chi connectivity index (χ3n) is 2.79. The number of nitrogens with one attached hydrogen (secondary N) is 1. The molecule has 2 aromatic heterocycles. The van der Waals surface area contributed by atoms with Crippen molar-refractivity contribution in [2.75, 3.05) is 0 Å². The Bertz CT molecular complexity index is 821. The van der Waals surface area contributed by atoms with Crippen LogP contribution >= 0.6 is 12.2 Å². The molecule has 0 bridgehead atoms. The van der Waals surface area contributed by atoms with Crippen LogP contribution in [0, 0.1) is 4.77 Å². The largest absolute Gasteiger partial charge is 0.508 e. The predicted molar refractivity (Wildman–Crippen MR) is 81.7 cm³/mol. The summed E-state index contributed by atoms with van der Waals surface area (Å²) in [7, 11) is 0. The van der Waals surface area contributed by atoms with Gasteiger partial charge in [0, 0.05) is 18.0 Å². The molecule has 0 radical (unpaired) electrons. The topological polar surface area (TPSA) is 79.1 Å². The summed E-state index contributed by atoms with van der Waals surface area (Å²) in [5, 5.41) is 20.5. The van der Waals surface area contributed by atoms with Crippen molar-refractivity contribution in [2.24, 2.45) is 5.10 Å². The third-order valence-corrected chi connectivity index (χ3v) is 3.05. The lowest BCUT2D eigenvalue weighted by molar-refractivity contribution is 0.475. The number of pyridine rings is 1. The van der Waals surface area contributed by atoms with E-state index in [-0.39, 0.29) is 5.75 Å². The monoisotopic (exact) mass is 297 g/mol. The maximum absolute atomic E-state index is 9.26.